The van der Waals surface area contributed by atoms with Crippen molar-refractivity contribution in [2.75, 3.05) is 12.2 Å². The quantitative estimate of drug-likeness (QED) is 0.357. The third-order valence-corrected chi connectivity index (χ3v) is 4.91. The fourth-order valence-corrected chi connectivity index (χ4v) is 2.97. The molecule has 0 radical (unpaired) electrons. The van der Waals surface area contributed by atoms with E-state index in [1.54, 1.807) is 25.1 Å². The summed E-state index contributed by atoms with van der Waals surface area (Å²) in [6.45, 7) is 3.45. The van der Waals surface area contributed by atoms with E-state index in [0.717, 1.165) is 18.2 Å². The zero-order chi connectivity index (χ0) is 19.4. The number of amides is 1. The summed E-state index contributed by atoms with van der Waals surface area (Å²) in [5.41, 5.74) is 2.00. The number of carbonyl (C=O) groups excluding carboxylic acids is 1. The van der Waals surface area contributed by atoms with Crippen LogP contribution in [0.15, 0.2) is 30.3 Å². The second-order valence-corrected chi connectivity index (χ2v) is 6.75. The average molecular weight is 477 g/mol. The van der Waals surface area contributed by atoms with Crippen LogP contribution in [0.3, 0.4) is 0 Å². The Labute approximate surface area is 163 Å². The first-order valence-corrected chi connectivity index (χ1v) is 8.70. The van der Waals surface area contributed by atoms with Gasteiger partial charge in [0.2, 0.25) is 0 Å². The Morgan fingerprint density at radius 2 is 1.92 bits per heavy atom. The lowest BCUT2D eigenvalue weighted by Gasteiger charge is -2.20. The number of hydroxylamine groups is 1. The summed E-state index contributed by atoms with van der Waals surface area (Å²) in [4.78, 5) is 11.6. The molecule has 0 spiro atoms. The van der Waals surface area contributed by atoms with Gasteiger partial charge in [-0.3, -0.25) is 5.21 Å². The number of aryl methyl sites for hydroxylation is 2. The molecule has 0 aliphatic carbocycles. The Balaban J connectivity index is 2.36. The van der Waals surface area contributed by atoms with Gasteiger partial charge in [0.1, 0.15) is 12.4 Å². The molecular formula is C18H18F2INO4. The number of nitrogens with zero attached hydrogens (tertiary/aromatic N) is 1. The normalized spacial score (nSPS) is 10.8. The topological polar surface area (TPSA) is 59.0 Å². The van der Waals surface area contributed by atoms with Gasteiger partial charge in [-0.1, -0.05) is 6.07 Å². The Hall–Kier alpha value is -1.94. The molecule has 0 unspecified atom stereocenters. The maximum atomic E-state index is 13.3. The summed E-state index contributed by atoms with van der Waals surface area (Å²) in [7, 11) is 1.14. The zero-order valence-corrected chi connectivity index (χ0v) is 16.6. The van der Waals surface area contributed by atoms with Crippen LogP contribution in [-0.4, -0.2) is 18.4 Å². The van der Waals surface area contributed by atoms with Gasteiger partial charge in [0.15, 0.2) is 0 Å². The average Bonchev–Trinajstić information content (AvgIpc) is 2.61. The lowest BCUT2D eigenvalue weighted by Crippen LogP contribution is -2.28. The van der Waals surface area contributed by atoms with Gasteiger partial charge in [-0.15, -0.1) is 0 Å². The molecule has 0 heterocycles. The van der Waals surface area contributed by atoms with E-state index in [1.807, 2.05) is 29.5 Å². The molecule has 0 aliphatic heterocycles. The highest BCUT2D eigenvalue weighted by atomic mass is 127. The Morgan fingerprint density at radius 1 is 1.27 bits per heavy atom. The molecule has 0 fully saturated rings. The number of anilines is 1. The standard InChI is InChI=1S/C18H18F2INO4/c1-10-7-12(17(19)20)16(8-11(10)2)26-9-13-14(21)5-4-6-15(13)22(24)18(23)25-3/h4-8,17,24H,9H2,1-3H3. The van der Waals surface area contributed by atoms with Crippen molar-refractivity contribution >= 4 is 34.4 Å². The minimum absolute atomic E-state index is 0.0660. The van der Waals surface area contributed by atoms with E-state index in [2.05, 4.69) is 4.74 Å². The van der Waals surface area contributed by atoms with Gasteiger partial charge in [0, 0.05) is 9.13 Å². The predicted octanol–water partition coefficient (Wildman–Crippen LogP) is 5.39. The monoisotopic (exact) mass is 477 g/mol. The predicted molar refractivity (Wildman–Crippen MR) is 101 cm³/mol. The van der Waals surface area contributed by atoms with Crippen molar-refractivity contribution in [1.82, 2.24) is 0 Å². The van der Waals surface area contributed by atoms with E-state index in [-0.39, 0.29) is 23.6 Å². The van der Waals surface area contributed by atoms with Crippen molar-refractivity contribution in [3.63, 3.8) is 0 Å². The number of alkyl halides is 2. The number of ether oxygens (including phenoxy) is 2. The largest absolute Gasteiger partial charge is 0.488 e. The maximum absolute atomic E-state index is 13.3. The fraction of sp³-hybridized carbons (Fsp3) is 0.278. The van der Waals surface area contributed by atoms with Crippen LogP contribution in [0.5, 0.6) is 5.75 Å². The molecule has 0 atom stereocenters. The number of carbonyl (C=O) groups is 1. The Morgan fingerprint density at radius 3 is 2.54 bits per heavy atom. The van der Waals surface area contributed by atoms with Crippen LogP contribution in [0.4, 0.5) is 19.3 Å². The molecule has 1 amide bonds. The number of rotatable bonds is 5. The molecule has 0 saturated carbocycles. The summed E-state index contributed by atoms with van der Waals surface area (Å²) < 4.78 is 37.5. The molecule has 140 valence electrons. The molecule has 2 rings (SSSR count). The van der Waals surface area contributed by atoms with Crippen molar-refractivity contribution in [1.29, 1.82) is 0 Å². The lowest BCUT2D eigenvalue weighted by molar-refractivity contribution is 0.140. The smallest absolute Gasteiger partial charge is 0.438 e. The Kier molecular flexibility index (Phi) is 6.76. The molecule has 0 aromatic heterocycles. The van der Waals surface area contributed by atoms with Crippen LogP contribution >= 0.6 is 22.6 Å². The van der Waals surface area contributed by atoms with Crippen molar-refractivity contribution in [3.8, 4) is 5.75 Å². The first kappa shape index (κ1) is 20.4. The molecule has 1 N–H and O–H groups in total. The van der Waals surface area contributed by atoms with Crippen molar-refractivity contribution < 1.29 is 28.3 Å². The number of hydrogen-bond acceptors (Lipinski definition) is 4. The van der Waals surface area contributed by atoms with Crippen molar-refractivity contribution in [2.24, 2.45) is 0 Å². The van der Waals surface area contributed by atoms with Crippen molar-refractivity contribution in [3.05, 3.63) is 56.2 Å². The van der Waals surface area contributed by atoms with E-state index in [0.29, 0.717) is 14.2 Å². The molecule has 26 heavy (non-hydrogen) atoms. The van der Waals surface area contributed by atoms with E-state index >= 15 is 0 Å². The number of halogens is 3. The van der Waals surface area contributed by atoms with Crippen LogP contribution in [0, 0.1) is 17.4 Å². The molecule has 2 aromatic rings. The molecule has 0 aliphatic rings. The lowest BCUT2D eigenvalue weighted by atomic mass is 10.1. The van der Waals surface area contributed by atoms with Crippen molar-refractivity contribution in [2.45, 2.75) is 26.9 Å². The summed E-state index contributed by atoms with van der Waals surface area (Å²) in [5.74, 6) is 0.0660. The van der Waals surface area contributed by atoms with Crippen LogP contribution in [0.2, 0.25) is 0 Å². The van der Waals surface area contributed by atoms with E-state index < -0.39 is 12.5 Å². The SMILES string of the molecule is COC(=O)N(O)c1cccc(I)c1COc1cc(C)c(C)cc1C(F)F. The Bertz CT molecular complexity index is 814. The molecule has 8 heteroatoms. The van der Waals surface area contributed by atoms with Crippen LogP contribution < -0.4 is 9.80 Å². The first-order chi connectivity index (χ1) is 12.3. The molecule has 5 nitrogen and oxygen atoms in total. The number of benzene rings is 2. The number of hydrogen-bond donors (Lipinski definition) is 1. The second kappa shape index (κ2) is 8.63. The molecular weight excluding hydrogens is 459 g/mol. The van der Waals surface area contributed by atoms with Crippen LogP contribution in [0.1, 0.15) is 28.7 Å². The zero-order valence-electron chi connectivity index (χ0n) is 14.4. The van der Waals surface area contributed by atoms with E-state index in [1.165, 1.54) is 12.1 Å². The van der Waals surface area contributed by atoms with Gasteiger partial charge >= 0.3 is 6.09 Å². The van der Waals surface area contributed by atoms with E-state index in [4.69, 9.17) is 4.74 Å². The maximum Gasteiger partial charge on any atom is 0.438 e. The minimum atomic E-state index is -2.68. The third kappa shape index (κ3) is 4.42. The highest BCUT2D eigenvalue weighted by Gasteiger charge is 2.21. The first-order valence-electron chi connectivity index (χ1n) is 7.62. The van der Waals surface area contributed by atoms with E-state index in [9.17, 15) is 18.8 Å². The summed E-state index contributed by atoms with van der Waals surface area (Å²) >= 11 is 2.01. The van der Waals surface area contributed by atoms with Gasteiger partial charge in [0.25, 0.3) is 6.43 Å². The molecule has 0 bridgehead atoms. The minimum Gasteiger partial charge on any atom is -0.488 e. The molecule has 0 saturated heterocycles. The summed E-state index contributed by atoms with van der Waals surface area (Å²) in [5, 5.41) is 10.4. The summed E-state index contributed by atoms with van der Waals surface area (Å²) in [6, 6.07) is 7.87. The van der Waals surface area contributed by atoms with Gasteiger partial charge in [-0.2, -0.15) is 5.06 Å². The summed E-state index contributed by atoms with van der Waals surface area (Å²) in [6.07, 6.45) is -3.64. The second-order valence-electron chi connectivity index (χ2n) is 5.58. The third-order valence-electron chi connectivity index (χ3n) is 3.90. The van der Waals surface area contributed by atoms with Gasteiger partial charge < -0.3 is 9.47 Å². The van der Waals surface area contributed by atoms with Gasteiger partial charge in [-0.05, 0) is 71.8 Å². The fourth-order valence-electron chi connectivity index (χ4n) is 2.33. The molecule has 2 aromatic carbocycles. The number of methoxy groups -OCH3 is 1. The van der Waals surface area contributed by atoms with Gasteiger partial charge in [-0.25, -0.2) is 13.6 Å². The van der Waals surface area contributed by atoms with Gasteiger partial charge in [0.05, 0.1) is 18.4 Å². The highest BCUT2D eigenvalue weighted by molar-refractivity contribution is 14.1. The highest BCUT2D eigenvalue weighted by Crippen LogP contribution is 2.33. The van der Waals surface area contributed by atoms with Crippen LogP contribution in [-0.2, 0) is 11.3 Å². The van der Waals surface area contributed by atoms with Crippen LogP contribution in [0.25, 0.3) is 0 Å².